The fourth-order valence-corrected chi connectivity index (χ4v) is 6.94. The van der Waals surface area contributed by atoms with E-state index in [4.69, 9.17) is 0 Å². The number of nitrogens with zero attached hydrogens (tertiary/aromatic N) is 1. The van der Waals surface area contributed by atoms with Crippen molar-refractivity contribution in [1.82, 2.24) is 4.57 Å². The van der Waals surface area contributed by atoms with Gasteiger partial charge in [0.05, 0.1) is 11.0 Å². The summed E-state index contributed by atoms with van der Waals surface area (Å²) in [7, 11) is 0. The summed E-state index contributed by atoms with van der Waals surface area (Å²) in [6.45, 7) is 0. The number of para-hydroxylation sites is 2. The molecule has 1 aromatic heterocycles. The quantitative estimate of drug-likeness (QED) is 0.195. The molecule has 0 aliphatic carbocycles. The van der Waals surface area contributed by atoms with Gasteiger partial charge in [0, 0.05) is 21.8 Å². The maximum absolute atomic E-state index is 2.42. The van der Waals surface area contributed by atoms with Crippen molar-refractivity contribution < 1.29 is 0 Å². The molecule has 1 heteroatoms. The predicted molar refractivity (Wildman–Crippen MR) is 184 cm³/mol. The second-order valence-electron chi connectivity index (χ2n) is 11.4. The van der Waals surface area contributed by atoms with E-state index < -0.39 is 0 Å². The first-order valence-electron chi connectivity index (χ1n) is 14.9. The molecule has 0 atom stereocenters. The third kappa shape index (κ3) is 3.72. The molecule has 200 valence electrons. The Bertz CT molecular complexity index is 2480. The molecule has 0 unspecified atom stereocenters. The van der Waals surface area contributed by atoms with Crippen LogP contribution in [0.25, 0.3) is 82.1 Å². The zero-order valence-corrected chi connectivity index (χ0v) is 23.5. The molecule has 0 bridgehead atoms. The summed E-state index contributed by atoms with van der Waals surface area (Å²) in [5, 5.41) is 10.2. The van der Waals surface area contributed by atoms with Gasteiger partial charge in [-0.25, -0.2) is 0 Å². The van der Waals surface area contributed by atoms with Gasteiger partial charge in [0.15, 0.2) is 0 Å². The Kier molecular flexibility index (Phi) is 5.27. The highest BCUT2D eigenvalue weighted by Crippen LogP contribution is 2.41. The molecule has 9 aromatic rings. The second kappa shape index (κ2) is 9.44. The van der Waals surface area contributed by atoms with E-state index in [1.807, 2.05) is 0 Å². The van der Waals surface area contributed by atoms with Gasteiger partial charge in [-0.15, -0.1) is 0 Å². The fourth-order valence-electron chi connectivity index (χ4n) is 6.94. The lowest BCUT2D eigenvalue weighted by atomic mass is 9.93. The first-order valence-corrected chi connectivity index (χ1v) is 14.9. The predicted octanol–water partition coefficient (Wildman–Crippen LogP) is 11.6. The van der Waals surface area contributed by atoms with E-state index in [0.29, 0.717) is 0 Å². The van der Waals surface area contributed by atoms with Crippen molar-refractivity contribution in [2.75, 3.05) is 0 Å². The van der Waals surface area contributed by atoms with Crippen molar-refractivity contribution in [3.63, 3.8) is 0 Å². The van der Waals surface area contributed by atoms with Crippen molar-refractivity contribution in [2.24, 2.45) is 0 Å². The minimum atomic E-state index is 1.18. The number of fused-ring (bicyclic) bond motifs is 8. The number of hydrogen-bond acceptors (Lipinski definition) is 0. The normalized spacial score (nSPS) is 11.7. The molecule has 43 heavy (non-hydrogen) atoms. The molecule has 0 amide bonds. The SMILES string of the molecule is c1ccc(-n2c3ccccc3c3cc(-c4ccc(-c5ccc6c(ccc7ccccc76)c5)cc4)c4ccccc4c32)cc1. The molecule has 0 fully saturated rings. The summed E-state index contributed by atoms with van der Waals surface area (Å²) in [6.07, 6.45) is 0. The van der Waals surface area contributed by atoms with Crippen LogP contribution in [-0.4, -0.2) is 4.57 Å². The van der Waals surface area contributed by atoms with E-state index in [1.54, 1.807) is 0 Å². The Morgan fingerprint density at radius 1 is 0.326 bits per heavy atom. The van der Waals surface area contributed by atoms with Crippen LogP contribution >= 0.6 is 0 Å². The molecule has 9 rings (SSSR count). The molecule has 0 aliphatic rings. The molecule has 0 spiro atoms. The van der Waals surface area contributed by atoms with Crippen LogP contribution in [0.1, 0.15) is 0 Å². The van der Waals surface area contributed by atoms with Gasteiger partial charge < -0.3 is 4.57 Å². The third-order valence-electron chi connectivity index (χ3n) is 8.96. The maximum atomic E-state index is 2.42. The standard InChI is InChI=1S/C42H27N/c1-2-11-33(12-3-1)43-41-17-9-8-15-37(41)40-27-39(36-14-6-7-16-38(36)42(40)43)30-20-18-28(19-21-30)31-24-25-35-32(26-31)23-22-29-10-4-5-13-34(29)35/h1-27H. The average Bonchev–Trinajstić information content (AvgIpc) is 3.43. The van der Waals surface area contributed by atoms with Gasteiger partial charge in [0.2, 0.25) is 0 Å². The maximum Gasteiger partial charge on any atom is 0.0619 e. The second-order valence-corrected chi connectivity index (χ2v) is 11.4. The van der Waals surface area contributed by atoms with E-state index in [-0.39, 0.29) is 0 Å². The van der Waals surface area contributed by atoms with Crippen LogP contribution in [0.15, 0.2) is 164 Å². The molecule has 0 aliphatic heterocycles. The summed E-state index contributed by atoms with van der Waals surface area (Å²) < 4.78 is 2.42. The highest BCUT2D eigenvalue weighted by Gasteiger charge is 2.17. The van der Waals surface area contributed by atoms with Crippen LogP contribution in [-0.2, 0) is 0 Å². The van der Waals surface area contributed by atoms with E-state index in [2.05, 4.69) is 168 Å². The third-order valence-corrected chi connectivity index (χ3v) is 8.96. The Morgan fingerprint density at radius 3 is 1.77 bits per heavy atom. The van der Waals surface area contributed by atoms with Crippen LogP contribution < -0.4 is 0 Å². The molecule has 1 heterocycles. The Hall–Kier alpha value is -5.66. The number of benzene rings is 8. The largest absolute Gasteiger partial charge is 0.309 e. The first-order chi connectivity index (χ1) is 21.3. The Balaban J connectivity index is 1.22. The summed E-state index contributed by atoms with van der Waals surface area (Å²) in [4.78, 5) is 0. The van der Waals surface area contributed by atoms with Crippen LogP contribution in [0.5, 0.6) is 0 Å². The molecule has 0 saturated carbocycles. The summed E-state index contributed by atoms with van der Waals surface area (Å²) >= 11 is 0. The van der Waals surface area contributed by atoms with Gasteiger partial charge in [-0.05, 0) is 79.5 Å². The Labute approximate surface area is 249 Å². The van der Waals surface area contributed by atoms with Crippen molar-refractivity contribution in [3.8, 4) is 27.9 Å². The lowest BCUT2D eigenvalue weighted by Gasteiger charge is -2.13. The Morgan fingerprint density at radius 2 is 0.930 bits per heavy atom. The van der Waals surface area contributed by atoms with Crippen molar-refractivity contribution in [1.29, 1.82) is 0 Å². The molecular weight excluding hydrogens is 518 g/mol. The average molecular weight is 546 g/mol. The molecule has 8 aromatic carbocycles. The highest BCUT2D eigenvalue weighted by molar-refractivity contribution is 6.22. The van der Waals surface area contributed by atoms with Crippen molar-refractivity contribution in [3.05, 3.63) is 164 Å². The van der Waals surface area contributed by atoms with Gasteiger partial charge >= 0.3 is 0 Å². The number of rotatable bonds is 3. The minimum absolute atomic E-state index is 1.18. The molecule has 0 radical (unpaired) electrons. The van der Waals surface area contributed by atoms with Crippen LogP contribution in [0.4, 0.5) is 0 Å². The monoisotopic (exact) mass is 545 g/mol. The van der Waals surface area contributed by atoms with Gasteiger partial charge in [-0.1, -0.05) is 133 Å². The lowest BCUT2D eigenvalue weighted by molar-refractivity contribution is 1.19. The summed E-state index contributed by atoms with van der Waals surface area (Å²) in [5.41, 5.74) is 8.61. The van der Waals surface area contributed by atoms with Crippen molar-refractivity contribution in [2.45, 2.75) is 0 Å². The van der Waals surface area contributed by atoms with E-state index in [9.17, 15) is 0 Å². The molecular formula is C42H27N. The number of aromatic nitrogens is 1. The highest BCUT2D eigenvalue weighted by atomic mass is 15.0. The number of hydrogen-bond donors (Lipinski definition) is 0. The van der Waals surface area contributed by atoms with Crippen molar-refractivity contribution >= 4 is 54.1 Å². The van der Waals surface area contributed by atoms with Crippen LogP contribution in [0.2, 0.25) is 0 Å². The summed E-state index contributed by atoms with van der Waals surface area (Å²) in [5.74, 6) is 0. The molecule has 1 nitrogen and oxygen atoms in total. The van der Waals surface area contributed by atoms with E-state index in [1.165, 1.54) is 82.1 Å². The zero-order chi connectivity index (χ0) is 28.3. The van der Waals surface area contributed by atoms with E-state index >= 15 is 0 Å². The van der Waals surface area contributed by atoms with Gasteiger partial charge in [0.1, 0.15) is 0 Å². The fraction of sp³-hybridized carbons (Fsp3) is 0. The lowest BCUT2D eigenvalue weighted by Crippen LogP contribution is -1.94. The van der Waals surface area contributed by atoms with Crippen LogP contribution in [0.3, 0.4) is 0 Å². The van der Waals surface area contributed by atoms with Crippen LogP contribution in [0, 0.1) is 0 Å². The first kappa shape index (κ1) is 24.0. The van der Waals surface area contributed by atoms with E-state index in [0.717, 1.165) is 0 Å². The van der Waals surface area contributed by atoms with Gasteiger partial charge in [-0.3, -0.25) is 0 Å². The van der Waals surface area contributed by atoms with Gasteiger partial charge in [-0.2, -0.15) is 0 Å². The topological polar surface area (TPSA) is 4.93 Å². The smallest absolute Gasteiger partial charge is 0.0619 e. The molecule has 0 saturated heterocycles. The zero-order valence-electron chi connectivity index (χ0n) is 23.5. The summed E-state index contributed by atoms with van der Waals surface area (Å²) in [6, 6.07) is 59.7. The molecule has 0 N–H and O–H groups in total. The minimum Gasteiger partial charge on any atom is -0.309 e. The van der Waals surface area contributed by atoms with Gasteiger partial charge in [0.25, 0.3) is 0 Å².